The van der Waals surface area contributed by atoms with Crippen LogP contribution in [0.4, 0.5) is 4.39 Å². The standard InChI is InChI=1S/C13H18FNO3S/c1-10(12-9-11(14)3-4-13(12)16)15-5-2-7-19(17,18)8-6-15/h3-4,9-10,16H,2,5-8H2,1H3. The third kappa shape index (κ3) is 3.45. The van der Waals surface area contributed by atoms with E-state index in [1.54, 1.807) is 0 Å². The second kappa shape index (κ2) is 5.46. The number of hydrogen-bond acceptors (Lipinski definition) is 4. The van der Waals surface area contributed by atoms with Gasteiger partial charge in [0.1, 0.15) is 11.6 Å². The normalized spacial score (nSPS) is 21.8. The quantitative estimate of drug-likeness (QED) is 0.899. The van der Waals surface area contributed by atoms with E-state index in [4.69, 9.17) is 0 Å². The fraction of sp³-hybridized carbons (Fsp3) is 0.538. The molecule has 1 aromatic rings. The van der Waals surface area contributed by atoms with Crippen molar-refractivity contribution in [2.45, 2.75) is 19.4 Å². The van der Waals surface area contributed by atoms with Crippen molar-refractivity contribution in [1.29, 1.82) is 0 Å². The minimum absolute atomic E-state index is 0.0426. The Kier molecular flexibility index (Phi) is 4.10. The maximum absolute atomic E-state index is 13.3. The number of benzene rings is 1. The molecule has 1 aliphatic heterocycles. The number of rotatable bonds is 2. The van der Waals surface area contributed by atoms with Crippen LogP contribution >= 0.6 is 0 Å². The van der Waals surface area contributed by atoms with Crippen LogP contribution in [0.2, 0.25) is 0 Å². The van der Waals surface area contributed by atoms with Gasteiger partial charge >= 0.3 is 0 Å². The second-order valence-corrected chi connectivity index (χ2v) is 7.22. The molecule has 1 saturated heterocycles. The Labute approximate surface area is 112 Å². The van der Waals surface area contributed by atoms with Gasteiger partial charge in [0, 0.05) is 18.2 Å². The number of hydrogen-bond donors (Lipinski definition) is 1. The van der Waals surface area contributed by atoms with Crippen LogP contribution in [0.15, 0.2) is 18.2 Å². The van der Waals surface area contributed by atoms with Crippen LogP contribution < -0.4 is 0 Å². The summed E-state index contributed by atoms with van der Waals surface area (Å²) in [6, 6.07) is 3.64. The van der Waals surface area contributed by atoms with Crippen LogP contribution in [0.1, 0.15) is 24.9 Å². The first-order valence-corrected chi connectivity index (χ1v) is 8.14. The van der Waals surface area contributed by atoms with Gasteiger partial charge in [-0.1, -0.05) is 0 Å². The first kappa shape index (κ1) is 14.3. The summed E-state index contributed by atoms with van der Waals surface area (Å²) in [5, 5.41) is 9.80. The Morgan fingerprint density at radius 1 is 1.32 bits per heavy atom. The van der Waals surface area contributed by atoms with Crippen molar-refractivity contribution < 1.29 is 17.9 Å². The lowest BCUT2D eigenvalue weighted by molar-refractivity contribution is 0.223. The number of halogens is 1. The predicted molar refractivity (Wildman–Crippen MR) is 71.3 cm³/mol. The fourth-order valence-electron chi connectivity index (χ4n) is 2.40. The van der Waals surface area contributed by atoms with E-state index in [0.29, 0.717) is 25.1 Å². The Balaban J connectivity index is 2.19. The highest BCUT2D eigenvalue weighted by Crippen LogP contribution is 2.29. The van der Waals surface area contributed by atoms with Crippen molar-refractivity contribution in [3.63, 3.8) is 0 Å². The molecule has 0 aliphatic carbocycles. The number of aromatic hydroxyl groups is 1. The highest BCUT2D eigenvalue weighted by atomic mass is 32.2. The zero-order valence-electron chi connectivity index (χ0n) is 10.8. The molecule has 106 valence electrons. The monoisotopic (exact) mass is 287 g/mol. The van der Waals surface area contributed by atoms with Gasteiger partial charge in [0.05, 0.1) is 11.5 Å². The summed E-state index contributed by atoms with van der Waals surface area (Å²) in [7, 11) is -2.96. The zero-order valence-corrected chi connectivity index (χ0v) is 11.7. The molecule has 2 rings (SSSR count). The van der Waals surface area contributed by atoms with Crippen molar-refractivity contribution in [2.24, 2.45) is 0 Å². The molecule has 1 fully saturated rings. The van der Waals surface area contributed by atoms with E-state index in [2.05, 4.69) is 0 Å². The third-order valence-corrected chi connectivity index (χ3v) is 5.29. The number of sulfone groups is 1. The number of nitrogens with zero attached hydrogens (tertiary/aromatic N) is 1. The largest absolute Gasteiger partial charge is 0.508 e. The maximum Gasteiger partial charge on any atom is 0.151 e. The van der Waals surface area contributed by atoms with Gasteiger partial charge in [0.2, 0.25) is 0 Å². The lowest BCUT2D eigenvalue weighted by Crippen LogP contribution is -2.30. The van der Waals surface area contributed by atoms with Gasteiger partial charge in [-0.25, -0.2) is 12.8 Å². The lowest BCUT2D eigenvalue weighted by Gasteiger charge is -2.27. The molecule has 0 radical (unpaired) electrons. The Morgan fingerprint density at radius 2 is 2.05 bits per heavy atom. The average Bonchev–Trinajstić information content (AvgIpc) is 2.52. The summed E-state index contributed by atoms with van der Waals surface area (Å²) in [4.78, 5) is 1.97. The number of phenols is 1. The van der Waals surface area contributed by atoms with Crippen molar-refractivity contribution in [1.82, 2.24) is 4.90 Å². The van der Waals surface area contributed by atoms with E-state index in [0.717, 1.165) is 0 Å². The van der Waals surface area contributed by atoms with Gasteiger partial charge < -0.3 is 5.11 Å². The molecule has 1 aromatic carbocycles. The molecule has 4 nitrogen and oxygen atoms in total. The van der Waals surface area contributed by atoms with Gasteiger partial charge in [0.15, 0.2) is 9.84 Å². The SMILES string of the molecule is CC(c1cc(F)ccc1O)N1CCCS(=O)(=O)CC1. The van der Waals surface area contributed by atoms with E-state index in [1.807, 2.05) is 11.8 Å². The first-order chi connectivity index (χ1) is 8.89. The molecule has 1 N–H and O–H groups in total. The Hall–Kier alpha value is -1.14. The summed E-state index contributed by atoms with van der Waals surface area (Å²) in [5.74, 6) is -0.0400. The van der Waals surface area contributed by atoms with Crippen LogP contribution in [0.25, 0.3) is 0 Å². The van der Waals surface area contributed by atoms with E-state index in [9.17, 15) is 17.9 Å². The molecule has 0 amide bonds. The number of phenolic OH excluding ortho intramolecular Hbond substituents is 1. The minimum Gasteiger partial charge on any atom is -0.508 e. The summed E-state index contributed by atoms with van der Waals surface area (Å²) < 4.78 is 36.4. The highest BCUT2D eigenvalue weighted by molar-refractivity contribution is 7.91. The Bertz CT molecular complexity index is 559. The van der Waals surface area contributed by atoms with Crippen LogP contribution in [0, 0.1) is 5.82 Å². The minimum atomic E-state index is -2.96. The topological polar surface area (TPSA) is 57.6 Å². The van der Waals surface area contributed by atoms with Crippen LogP contribution in [0.3, 0.4) is 0 Å². The molecule has 1 unspecified atom stereocenters. The van der Waals surface area contributed by atoms with E-state index < -0.39 is 15.7 Å². The van der Waals surface area contributed by atoms with E-state index in [-0.39, 0.29) is 23.3 Å². The first-order valence-electron chi connectivity index (χ1n) is 6.32. The highest BCUT2D eigenvalue weighted by Gasteiger charge is 2.24. The van der Waals surface area contributed by atoms with Crippen LogP contribution in [0.5, 0.6) is 5.75 Å². The van der Waals surface area contributed by atoms with Crippen molar-refractivity contribution in [3.05, 3.63) is 29.6 Å². The van der Waals surface area contributed by atoms with Crippen LogP contribution in [-0.2, 0) is 9.84 Å². The van der Waals surface area contributed by atoms with Gasteiger partial charge in [-0.15, -0.1) is 0 Å². The van der Waals surface area contributed by atoms with Gasteiger partial charge in [-0.3, -0.25) is 4.90 Å². The van der Waals surface area contributed by atoms with Gasteiger partial charge in [-0.05, 0) is 38.1 Å². The van der Waals surface area contributed by atoms with Crippen LogP contribution in [-0.4, -0.2) is 43.0 Å². The van der Waals surface area contributed by atoms with Crippen molar-refractivity contribution in [2.75, 3.05) is 24.6 Å². The Morgan fingerprint density at radius 3 is 2.79 bits per heavy atom. The molecule has 19 heavy (non-hydrogen) atoms. The molecule has 1 aliphatic rings. The summed E-state index contributed by atoms with van der Waals surface area (Å²) in [6.45, 7) is 2.90. The summed E-state index contributed by atoms with van der Waals surface area (Å²) >= 11 is 0. The van der Waals surface area contributed by atoms with Gasteiger partial charge in [0.25, 0.3) is 0 Å². The van der Waals surface area contributed by atoms with Crippen molar-refractivity contribution in [3.8, 4) is 5.75 Å². The fourth-order valence-corrected chi connectivity index (χ4v) is 3.69. The molecule has 0 aromatic heterocycles. The molecule has 0 bridgehead atoms. The third-order valence-electron chi connectivity index (χ3n) is 3.58. The molecule has 6 heteroatoms. The predicted octanol–water partition coefficient (Wildman–Crippen LogP) is 1.71. The molecule has 0 spiro atoms. The molecule has 1 atom stereocenters. The zero-order chi connectivity index (χ0) is 14.0. The van der Waals surface area contributed by atoms with Crippen molar-refractivity contribution >= 4 is 9.84 Å². The molecule has 0 saturated carbocycles. The van der Waals surface area contributed by atoms with Gasteiger partial charge in [-0.2, -0.15) is 0 Å². The molecular formula is C13H18FNO3S. The molecular weight excluding hydrogens is 269 g/mol. The lowest BCUT2D eigenvalue weighted by atomic mass is 10.1. The van der Waals surface area contributed by atoms with E-state index >= 15 is 0 Å². The smallest absolute Gasteiger partial charge is 0.151 e. The molecule has 1 heterocycles. The van der Waals surface area contributed by atoms with E-state index in [1.165, 1.54) is 18.2 Å². The summed E-state index contributed by atoms with van der Waals surface area (Å²) in [5.41, 5.74) is 0.499. The maximum atomic E-state index is 13.3. The summed E-state index contributed by atoms with van der Waals surface area (Å²) in [6.07, 6.45) is 0.572. The average molecular weight is 287 g/mol. The second-order valence-electron chi connectivity index (χ2n) is 4.92.